The lowest BCUT2D eigenvalue weighted by atomic mass is 9.81. The van der Waals surface area contributed by atoms with E-state index in [1.54, 1.807) is 0 Å². The Morgan fingerprint density at radius 2 is 1.52 bits per heavy atom. The van der Waals surface area contributed by atoms with Crippen molar-refractivity contribution in [1.82, 2.24) is 4.90 Å². The molecule has 0 bridgehead atoms. The molecule has 0 aliphatic carbocycles. The van der Waals surface area contributed by atoms with E-state index in [1.165, 1.54) is 4.90 Å². The molecule has 2 aromatic rings. The maximum absolute atomic E-state index is 12.7. The summed E-state index contributed by atoms with van der Waals surface area (Å²) < 4.78 is 0. The molecular weight excluding hydrogens is 262 g/mol. The van der Waals surface area contributed by atoms with Crippen LogP contribution >= 0.6 is 0 Å². The van der Waals surface area contributed by atoms with Crippen LogP contribution in [0.25, 0.3) is 0 Å². The highest BCUT2D eigenvalue weighted by atomic mass is 16.2. The third-order valence-electron chi connectivity index (χ3n) is 4.12. The van der Waals surface area contributed by atoms with E-state index in [0.717, 1.165) is 11.1 Å². The quantitative estimate of drug-likeness (QED) is 0.810. The molecule has 21 heavy (non-hydrogen) atoms. The van der Waals surface area contributed by atoms with Crippen molar-refractivity contribution in [3.05, 3.63) is 71.8 Å². The maximum atomic E-state index is 12.7. The first-order chi connectivity index (χ1) is 10.1. The van der Waals surface area contributed by atoms with Gasteiger partial charge in [0, 0.05) is 6.42 Å². The van der Waals surface area contributed by atoms with Crippen LogP contribution in [0.1, 0.15) is 24.5 Å². The van der Waals surface area contributed by atoms with Crippen molar-refractivity contribution in [2.45, 2.75) is 25.3 Å². The van der Waals surface area contributed by atoms with E-state index in [-0.39, 0.29) is 18.2 Å². The Kier molecular flexibility index (Phi) is 3.34. The van der Waals surface area contributed by atoms with E-state index < -0.39 is 5.41 Å². The van der Waals surface area contributed by atoms with Crippen molar-refractivity contribution in [2.75, 3.05) is 0 Å². The van der Waals surface area contributed by atoms with Gasteiger partial charge in [-0.15, -0.1) is 0 Å². The minimum absolute atomic E-state index is 0.102. The molecule has 0 saturated carbocycles. The summed E-state index contributed by atoms with van der Waals surface area (Å²) in [6.45, 7) is 2.20. The highest BCUT2D eigenvalue weighted by molar-refractivity contribution is 6.08. The average molecular weight is 279 g/mol. The molecule has 1 unspecified atom stereocenters. The fourth-order valence-electron chi connectivity index (χ4n) is 2.84. The van der Waals surface area contributed by atoms with Crippen LogP contribution in [0.15, 0.2) is 60.7 Å². The summed E-state index contributed by atoms with van der Waals surface area (Å²) in [7, 11) is 0. The Balaban J connectivity index is 1.89. The zero-order chi connectivity index (χ0) is 14.9. The molecule has 1 aliphatic rings. The SMILES string of the molecule is CC1(c2ccccc2)CC(=O)N(Cc2ccccc2)C1=O. The molecule has 1 heterocycles. The average Bonchev–Trinajstić information content (AvgIpc) is 2.74. The van der Waals surface area contributed by atoms with E-state index in [4.69, 9.17) is 0 Å². The summed E-state index contributed by atoms with van der Waals surface area (Å²) in [5.41, 5.74) is 1.13. The number of benzene rings is 2. The van der Waals surface area contributed by atoms with Crippen molar-refractivity contribution >= 4 is 11.8 Å². The van der Waals surface area contributed by atoms with E-state index in [9.17, 15) is 9.59 Å². The van der Waals surface area contributed by atoms with Gasteiger partial charge in [0.2, 0.25) is 11.8 Å². The van der Waals surface area contributed by atoms with Gasteiger partial charge in [0.15, 0.2) is 0 Å². The number of rotatable bonds is 3. The number of hydrogen-bond donors (Lipinski definition) is 0. The van der Waals surface area contributed by atoms with Crippen LogP contribution < -0.4 is 0 Å². The maximum Gasteiger partial charge on any atom is 0.240 e. The highest BCUT2D eigenvalue weighted by Gasteiger charge is 2.48. The first kappa shape index (κ1) is 13.6. The lowest BCUT2D eigenvalue weighted by Gasteiger charge is -2.22. The Morgan fingerprint density at radius 1 is 0.952 bits per heavy atom. The molecule has 1 aliphatic heterocycles. The van der Waals surface area contributed by atoms with E-state index in [0.29, 0.717) is 6.54 Å². The molecule has 0 aromatic heterocycles. The molecule has 3 nitrogen and oxygen atoms in total. The van der Waals surface area contributed by atoms with Crippen molar-refractivity contribution in [1.29, 1.82) is 0 Å². The zero-order valence-corrected chi connectivity index (χ0v) is 12.0. The fourth-order valence-corrected chi connectivity index (χ4v) is 2.84. The largest absolute Gasteiger partial charge is 0.277 e. The zero-order valence-electron chi connectivity index (χ0n) is 12.0. The summed E-state index contributed by atoms with van der Waals surface area (Å²) in [5, 5.41) is 0. The summed E-state index contributed by atoms with van der Waals surface area (Å²) in [6.07, 6.45) is 0.239. The monoisotopic (exact) mass is 279 g/mol. The van der Waals surface area contributed by atoms with Gasteiger partial charge in [-0.1, -0.05) is 60.7 Å². The highest BCUT2D eigenvalue weighted by Crippen LogP contribution is 2.36. The van der Waals surface area contributed by atoms with Gasteiger partial charge >= 0.3 is 0 Å². The molecule has 1 atom stereocenters. The number of carbonyl (C=O) groups excluding carboxylic acids is 2. The van der Waals surface area contributed by atoms with Crippen LogP contribution in [0.3, 0.4) is 0 Å². The second-order valence-corrected chi connectivity index (χ2v) is 5.65. The van der Waals surface area contributed by atoms with Gasteiger partial charge in [0.05, 0.1) is 12.0 Å². The minimum Gasteiger partial charge on any atom is -0.277 e. The molecule has 0 spiro atoms. The summed E-state index contributed by atoms with van der Waals surface area (Å²) >= 11 is 0. The standard InChI is InChI=1S/C18H17NO2/c1-18(15-10-6-3-7-11-15)12-16(20)19(17(18)21)13-14-8-4-2-5-9-14/h2-11H,12-13H2,1H3. The van der Waals surface area contributed by atoms with Gasteiger partial charge in [-0.3, -0.25) is 14.5 Å². The van der Waals surface area contributed by atoms with Gasteiger partial charge in [0.25, 0.3) is 0 Å². The molecule has 3 heteroatoms. The molecule has 1 fully saturated rings. The number of carbonyl (C=O) groups is 2. The summed E-state index contributed by atoms with van der Waals surface area (Å²) in [4.78, 5) is 26.4. The second kappa shape index (κ2) is 5.17. The van der Waals surface area contributed by atoms with Crippen molar-refractivity contribution in [2.24, 2.45) is 0 Å². The first-order valence-corrected chi connectivity index (χ1v) is 7.05. The van der Waals surface area contributed by atoms with Crippen molar-refractivity contribution < 1.29 is 9.59 Å². The molecular formula is C18H17NO2. The molecule has 1 saturated heterocycles. The van der Waals surface area contributed by atoms with Crippen LogP contribution in [0.4, 0.5) is 0 Å². The topological polar surface area (TPSA) is 37.4 Å². The summed E-state index contributed by atoms with van der Waals surface area (Å²) in [6, 6.07) is 19.1. The van der Waals surface area contributed by atoms with Crippen LogP contribution in [0.2, 0.25) is 0 Å². The lowest BCUT2D eigenvalue weighted by molar-refractivity contribution is -0.140. The predicted octanol–water partition coefficient (Wildman–Crippen LogP) is 2.90. The Morgan fingerprint density at radius 3 is 2.14 bits per heavy atom. The van der Waals surface area contributed by atoms with Crippen LogP contribution in [0, 0.1) is 0 Å². The normalized spacial score (nSPS) is 21.9. The Bertz CT molecular complexity index is 666. The van der Waals surface area contributed by atoms with Gasteiger partial charge in [-0.05, 0) is 18.1 Å². The summed E-state index contributed by atoms with van der Waals surface area (Å²) in [5.74, 6) is -0.210. The van der Waals surface area contributed by atoms with Gasteiger partial charge in [-0.2, -0.15) is 0 Å². The van der Waals surface area contributed by atoms with Crippen LogP contribution in [-0.2, 0) is 21.5 Å². The van der Waals surface area contributed by atoms with Gasteiger partial charge in [-0.25, -0.2) is 0 Å². The van der Waals surface area contributed by atoms with Crippen LogP contribution in [-0.4, -0.2) is 16.7 Å². The lowest BCUT2D eigenvalue weighted by Crippen LogP contribution is -2.36. The van der Waals surface area contributed by atoms with E-state index in [1.807, 2.05) is 67.6 Å². The Hall–Kier alpha value is -2.42. The number of imide groups is 1. The van der Waals surface area contributed by atoms with E-state index >= 15 is 0 Å². The molecule has 106 valence electrons. The fraction of sp³-hybridized carbons (Fsp3) is 0.222. The molecule has 2 amide bonds. The van der Waals surface area contributed by atoms with E-state index in [2.05, 4.69) is 0 Å². The molecule has 0 N–H and O–H groups in total. The minimum atomic E-state index is -0.743. The predicted molar refractivity (Wildman–Crippen MR) is 80.4 cm³/mol. The third-order valence-corrected chi connectivity index (χ3v) is 4.12. The molecule has 3 rings (SSSR count). The van der Waals surface area contributed by atoms with Crippen LogP contribution in [0.5, 0.6) is 0 Å². The number of nitrogens with zero attached hydrogens (tertiary/aromatic N) is 1. The second-order valence-electron chi connectivity index (χ2n) is 5.65. The van der Waals surface area contributed by atoms with Gasteiger partial charge < -0.3 is 0 Å². The number of amides is 2. The Labute approximate surface area is 124 Å². The number of hydrogen-bond acceptors (Lipinski definition) is 2. The number of likely N-dealkylation sites (tertiary alicyclic amines) is 1. The third kappa shape index (κ3) is 2.35. The van der Waals surface area contributed by atoms with Crippen molar-refractivity contribution in [3.8, 4) is 0 Å². The first-order valence-electron chi connectivity index (χ1n) is 7.05. The van der Waals surface area contributed by atoms with Gasteiger partial charge in [0.1, 0.15) is 0 Å². The molecule has 2 aromatic carbocycles. The smallest absolute Gasteiger partial charge is 0.240 e. The molecule has 0 radical (unpaired) electrons. The van der Waals surface area contributed by atoms with Crippen molar-refractivity contribution in [3.63, 3.8) is 0 Å².